The summed E-state index contributed by atoms with van der Waals surface area (Å²) in [5, 5.41) is 18.8. The predicted molar refractivity (Wildman–Crippen MR) is 114 cm³/mol. The van der Waals surface area contributed by atoms with E-state index in [4.69, 9.17) is 9.84 Å². The molecule has 7 heteroatoms. The van der Waals surface area contributed by atoms with Gasteiger partial charge < -0.3 is 19.8 Å². The number of amides is 1. The first kappa shape index (κ1) is 22.2. The third-order valence-electron chi connectivity index (χ3n) is 5.49. The van der Waals surface area contributed by atoms with Crippen molar-refractivity contribution in [1.29, 1.82) is 0 Å². The average Bonchev–Trinajstić information content (AvgIpc) is 3.17. The molecule has 30 heavy (non-hydrogen) atoms. The second kappa shape index (κ2) is 10.5. The highest BCUT2D eigenvalue weighted by Gasteiger charge is 2.28. The van der Waals surface area contributed by atoms with Gasteiger partial charge >= 0.3 is 0 Å². The predicted octanol–water partition coefficient (Wildman–Crippen LogP) is 1.57. The minimum absolute atomic E-state index is 0.0194. The fourth-order valence-corrected chi connectivity index (χ4v) is 3.70. The number of β-amino-alcohol motifs (C(OH)–C–C–N with tert-alkyl or cyclic N) is 1. The summed E-state index contributed by atoms with van der Waals surface area (Å²) in [6.45, 7) is 4.23. The molecule has 1 fully saturated rings. The molecule has 0 spiro atoms. The number of aliphatic hydroxyl groups is 2. The quantitative estimate of drug-likeness (QED) is 0.649. The zero-order chi connectivity index (χ0) is 21.5. The lowest BCUT2D eigenvalue weighted by Crippen LogP contribution is -2.39. The Kier molecular flexibility index (Phi) is 7.79. The molecule has 1 amide bonds. The van der Waals surface area contributed by atoms with Gasteiger partial charge in [0.25, 0.3) is 0 Å². The van der Waals surface area contributed by atoms with Crippen molar-refractivity contribution in [1.82, 2.24) is 14.8 Å². The first-order valence-electron chi connectivity index (χ1n) is 10.4. The molecule has 7 nitrogen and oxygen atoms in total. The highest BCUT2D eigenvalue weighted by Crippen LogP contribution is 2.26. The van der Waals surface area contributed by atoms with E-state index in [0.29, 0.717) is 25.3 Å². The Morgan fingerprint density at radius 2 is 2.07 bits per heavy atom. The van der Waals surface area contributed by atoms with Crippen molar-refractivity contribution >= 4 is 5.91 Å². The van der Waals surface area contributed by atoms with Crippen molar-refractivity contribution in [3.63, 3.8) is 0 Å². The molecule has 0 radical (unpaired) electrons. The van der Waals surface area contributed by atoms with Crippen LogP contribution in [0.4, 0.5) is 0 Å². The van der Waals surface area contributed by atoms with Crippen LogP contribution < -0.4 is 4.74 Å². The van der Waals surface area contributed by atoms with Crippen LogP contribution in [-0.2, 0) is 11.2 Å². The van der Waals surface area contributed by atoms with Gasteiger partial charge in [-0.05, 0) is 42.7 Å². The Bertz CT molecular complexity index is 810. The molecular weight excluding hydrogens is 382 g/mol. The average molecular weight is 414 g/mol. The summed E-state index contributed by atoms with van der Waals surface area (Å²) in [7, 11) is 1.83. The van der Waals surface area contributed by atoms with Crippen LogP contribution in [-0.4, -0.2) is 76.9 Å². The maximum Gasteiger partial charge on any atom is 0.227 e. The molecule has 1 unspecified atom stereocenters. The maximum absolute atomic E-state index is 13.0. The fraction of sp³-hybridized carbons (Fsp3) is 0.478. The molecule has 1 aliphatic heterocycles. The second-order valence-electron chi connectivity index (χ2n) is 7.85. The molecule has 1 aromatic carbocycles. The van der Waals surface area contributed by atoms with E-state index in [1.165, 1.54) is 0 Å². The molecule has 1 saturated heterocycles. The lowest BCUT2D eigenvalue weighted by atomic mass is 10.0. The largest absolute Gasteiger partial charge is 0.491 e. The van der Waals surface area contributed by atoms with E-state index < -0.39 is 0 Å². The SMILES string of the molecule is Cc1ccc(CC(=O)N(C)C(CN2CC[C@H](O)C2)c2ccc(OCCO)cc2)cn1. The van der Waals surface area contributed by atoms with Gasteiger partial charge in [-0.25, -0.2) is 0 Å². The standard InChI is InChI=1S/C23H31N3O4/c1-17-3-4-18(14-24-17)13-23(29)25(2)22(16-26-10-9-20(28)15-26)19-5-7-21(8-6-19)30-12-11-27/h3-8,14,20,22,27-28H,9-13,15-16H2,1-2H3/t20-,22?/m0/s1. The topological polar surface area (TPSA) is 86.1 Å². The van der Waals surface area contributed by atoms with Crippen LogP contribution in [0.2, 0.25) is 0 Å². The Hall–Kier alpha value is -2.48. The number of hydrogen-bond acceptors (Lipinski definition) is 6. The van der Waals surface area contributed by atoms with E-state index in [9.17, 15) is 9.90 Å². The van der Waals surface area contributed by atoms with Crippen molar-refractivity contribution in [2.45, 2.75) is 31.9 Å². The van der Waals surface area contributed by atoms with Gasteiger partial charge in [0.15, 0.2) is 0 Å². The molecule has 3 rings (SSSR count). The fourth-order valence-electron chi connectivity index (χ4n) is 3.70. The number of aryl methyl sites for hydroxylation is 1. The Balaban J connectivity index is 1.75. The molecule has 0 aliphatic carbocycles. The van der Waals surface area contributed by atoms with Gasteiger partial charge in [0.2, 0.25) is 5.91 Å². The number of likely N-dealkylation sites (tertiary alicyclic amines) is 1. The lowest BCUT2D eigenvalue weighted by molar-refractivity contribution is -0.131. The number of ether oxygens (including phenoxy) is 1. The van der Waals surface area contributed by atoms with Crippen LogP contribution in [0.5, 0.6) is 5.75 Å². The molecule has 1 aliphatic rings. The van der Waals surface area contributed by atoms with Crippen molar-refractivity contribution in [2.24, 2.45) is 0 Å². The molecule has 2 N–H and O–H groups in total. The van der Waals surface area contributed by atoms with E-state index in [2.05, 4.69) is 9.88 Å². The number of carbonyl (C=O) groups is 1. The van der Waals surface area contributed by atoms with Crippen LogP contribution in [0.3, 0.4) is 0 Å². The van der Waals surface area contributed by atoms with Gasteiger partial charge in [0.1, 0.15) is 12.4 Å². The number of aliphatic hydroxyl groups excluding tert-OH is 2. The number of rotatable bonds is 9. The molecule has 1 aromatic heterocycles. The minimum Gasteiger partial charge on any atom is -0.491 e. The van der Waals surface area contributed by atoms with E-state index in [0.717, 1.165) is 29.8 Å². The van der Waals surface area contributed by atoms with Crippen LogP contribution in [0.15, 0.2) is 42.6 Å². The zero-order valence-corrected chi connectivity index (χ0v) is 17.7. The first-order chi connectivity index (χ1) is 14.5. The lowest BCUT2D eigenvalue weighted by Gasteiger charge is -2.32. The van der Waals surface area contributed by atoms with Gasteiger partial charge in [-0.1, -0.05) is 18.2 Å². The van der Waals surface area contributed by atoms with Crippen molar-refractivity contribution in [2.75, 3.05) is 39.9 Å². The number of nitrogens with zero attached hydrogens (tertiary/aromatic N) is 3. The summed E-state index contributed by atoms with van der Waals surface area (Å²) < 4.78 is 5.45. The highest BCUT2D eigenvalue weighted by atomic mass is 16.5. The molecule has 2 heterocycles. The highest BCUT2D eigenvalue weighted by molar-refractivity contribution is 5.79. The smallest absolute Gasteiger partial charge is 0.227 e. The van der Waals surface area contributed by atoms with Crippen molar-refractivity contribution < 1.29 is 19.7 Å². The molecule has 162 valence electrons. The van der Waals surface area contributed by atoms with Gasteiger partial charge in [-0.3, -0.25) is 14.7 Å². The van der Waals surface area contributed by atoms with Gasteiger partial charge in [-0.15, -0.1) is 0 Å². The van der Waals surface area contributed by atoms with Gasteiger partial charge in [0.05, 0.1) is 25.2 Å². The summed E-state index contributed by atoms with van der Waals surface area (Å²) in [5.41, 5.74) is 2.82. The molecule has 0 bridgehead atoms. The number of carbonyl (C=O) groups excluding carboxylic acids is 1. The van der Waals surface area contributed by atoms with E-state index in [-0.39, 0.29) is 31.3 Å². The Labute approximate surface area is 177 Å². The second-order valence-corrected chi connectivity index (χ2v) is 7.85. The number of hydrogen-bond donors (Lipinski definition) is 2. The minimum atomic E-state index is -0.306. The number of pyridine rings is 1. The van der Waals surface area contributed by atoms with Crippen molar-refractivity contribution in [3.8, 4) is 5.75 Å². The van der Waals surface area contributed by atoms with E-state index in [1.54, 1.807) is 11.1 Å². The third kappa shape index (κ3) is 6.01. The van der Waals surface area contributed by atoms with Crippen LogP contribution in [0, 0.1) is 6.92 Å². The molecule has 0 saturated carbocycles. The monoisotopic (exact) mass is 413 g/mol. The van der Waals surface area contributed by atoms with Crippen molar-refractivity contribution in [3.05, 3.63) is 59.4 Å². The Morgan fingerprint density at radius 1 is 1.30 bits per heavy atom. The summed E-state index contributed by atoms with van der Waals surface area (Å²) in [6, 6.07) is 11.3. The molecule has 2 atom stereocenters. The normalized spacial score (nSPS) is 17.7. The van der Waals surface area contributed by atoms with Gasteiger partial charge in [0, 0.05) is 38.6 Å². The van der Waals surface area contributed by atoms with Gasteiger partial charge in [-0.2, -0.15) is 0 Å². The number of aromatic nitrogens is 1. The van der Waals surface area contributed by atoms with E-state index >= 15 is 0 Å². The van der Waals surface area contributed by atoms with Crippen LogP contribution in [0.1, 0.15) is 29.3 Å². The van der Waals surface area contributed by atoms with Crippen LogP contribution >= 0.6 is 0 Å². The molecular formula is C23H31N3O4. The molecule has 2 aromatic rings. The van der Waals surface area contributed by atoms with E-state index in [1.807, 2.05) is 50.4 Å². The first-order valence-corrected chi connectivity index (χ1v) is 10.4. The Morgan fingerprint density at radius 3 is 2.67 bits per heavy atom. The number of benzene rings is 1. The number of likely N-dealkylation sites (N-methyl/N-ethyl adjacent to an activating group) is 1. The zero-order valence-electron chi connectivity index (χ0n) is 17.7. The summed E-state index contributed by atoms with van der Waals surface area (Å²) in [4.78, 5) is 21.3. The summed E-state index contributed by atoms with van der Waals surface area (Å²) in [5.74, 6) is 0.703. The summed E-state index contributed by atoms with van der Waals surface area (Å²) >= 11 is 0. The maximum atomic E-state index is 13.0. The summed E-state index contributed by atoms with van der Waals surface area (Å²) in [6.07, 6.45) is 2.49. The third-order valence-corrected chi connectivity index (χ3v) is 5.49. The van der Waals surface area contributed by atoms with Crippen LogP contribution in [0.25, 0.3) is 0 Å².